The van der Waals surface area contributed by atoms with Crippen molar-refractivity contribution in [1.82, 2.24) is 0 Å². The highest BCUT2D eigenvalue weighted by Gasteiger charge is 2.49. The summed E-state index contributed by atoms with van der Waals surface area (Å²) >= 11 is 0. The van der Waals surface area contributed by atoms with Crippen molar-refractivity contribution >= 4 is 7.12 Å². The quantitative estimate of drug-likeness (QED) is 0.499. The standard InChI is InChI=1S/C13H21BO2/c1-9-8-13(2,3)16-14(15-9)12-7-10-4-5-11(12)6-10/h4-5,9-12H,6-8H2,1-3H3. The molecule has 3 aliphatic rings. The van der Waals surface area contributed by atoms with Gasteiger partial charge in [-0.1, -0.05) is 12.2 Å². The predicted molar refractivity (Wildman–Crippen MR) is 65.2 cm³/mol. The zero-order valence-electron chi connectivity index (χ0n) is 10.5. The number of fused-ring (bicyclic) bond motifs is 2. The molecule has 1 heterocycles. The molecule has 0 N–H and O–H groups in total. The Labute approximate surface area is 98.5 Å². The van der Waals surface area contributed by atoms with Gasteiger partial charge >= 0.3 is 7.12 Å². The average Bonchev–Trinajstić information content (AvgIpc) is 2.74. The van der Waals surface area contributed by atoms with Crippen molar-refractivity contribution < 1.29 is 9.31 Å². The smallest absolute Gasteiger partial charge is 0.408 e. The van der Waals surface area contributed by atoms with Crippen LogP contribution in [0.15, 0.2) is 12.2 Å². The minimum absolute atomic E-state index is 0.0200. The van der Waals surface area contributed by atoms with Crippen LogP contribution >= 0.6 is 0 Å². The van der Waals surface area contributed by atoms with Crippen molar-refractivity contribution in [3.8, 4) is 0 Å². The molecule has 2 fully saturated rings. The molecule has 4 atom stereocenters. The van der Waals surface area contributed by atoms with Crippen LogP contribution in [0.25, 0.3) is 0 Å². The molecule has 2 aliphatic carbocycles. The molecule has 3 heteroatoms. The summed E-state index contributed by atoms with van der Waals surface area (Å²) in [7, 11) is 0.0266. The highest BCUT2D eigenvalue weighted by molar-refractivity contribution is 6.47. The third-order valence-electron chi connectivity index (χ3n) is 4.26. The summed E-state index contributed by atoms with van der Waals surface area (Å²) in [6.45, 7) is 6.53. The first-order valence-corrected chi connectivity index (χ1v) is 6.55. The molecule has 0 amide bonds. The van der Waals surface area contributed by atoms with Crippen LogP contribution in [0.2, 0.25) is 5.82 Å². The second-order valence-electron chi connectivity index (χ2n) is 6.34. The maximum Gasteiger partial charge on any atom is 0.461 e. The molecule has 0 radical (unpaired) electrons. The van der Waals surface area contributed by atoms with Gasteiger partial charge < -0.3 is 9.31 Å². The molecule has 2 bridgehead atoms. The number of hydrogen-bond acceptors (Lipinski definition) is 2. The van der Waals surface area contributed by atoms with Gasteiger partial charge in [0.1, 0.15) is 0 Å². The van der Waals surface area contributed by atoms with E-state index < -0.39 is 0 Å². The molecule has 0 aromatic rings. The lowest BCUT2D eigenvalue weighted by Crippen LogP contribution is -2.48. The second-order valence-corrected chi connectivity index (χ2v) is 6.34. The first kappa shape index (κ1) is 10.9. The normalized spacial score (nSPS) is 45.3. The zero-order valence-corrected chi connectivity index (χ0v) is 10.5. The highest BCUT2D eigenvalue weighted by Crippen LogP contribution is 2.50. The maximum atomic E-state index is 6.12. The SMILES string of the molecule is CC1CC(C)(C)OB(C2CC3C=CC2C3)O1. The van der Waals surface area contributed by atoms with Crippen molar-refractivity contribution in [2.24, 2.45) is 11.8 Å². The Bertz CT molecular complexity index is 313. The summed E-state index contributed by atoms with van der Waals surface area (Å²) in [5.41, 5.74) is -0.0200. The van der Waals surface area contributed by atoms with Crippen LogP contribution in [-0.4, -0.2) is 18.8 Å². The van der Waals surface area contributed by atoms with Gasteiger partial charge in [0.25, 0.3) is 0 Å². The average molecular weight is 220 g/mol. The summed E-state index contributed by atoms with van der Waals surface area (Å²) in [4.78, 5) is 0. The van der Waals surface area contributed by atoms with Crippen LogP contribution in [0.1, 0.15) is 40.0 Å². The zero-order chi connectivity index (χ0) is 11.3. The molecule has 4 unspecified atom stereocenters. The van der Waals surface area contributed by atoms with E-state index in [0.29, 0.717) is 17.8 Å². The number of rotatable bonds is 1. The molecule has 0 spiro atoms. The maximum absolute atomic E-state index is 6.12. The van der Waals surface area contributed by atoms with Crippen LogP contribution in [0, 0.1) is 11.8 Å². The van der Waals surface area contributed by atoms with Crippen molar-refractivity contribution in [3.05, 3.63) is 12.2 Å². The lowest BCUT2D eigenvalue weighted by molar-refractivity contribution is -0.0336. The van der Waals surface area contributed by atoms with Crippen LogP contribution in [-0.2, 0) is 9.31 Å². The van der Waals surface area contributed by atoms with Crippen molar-refractivity contribution in [2.45, 2.75) is 57.6 Å². The Morgan fingerprint density at radius 2 is 2.06 bits per heavy atom. The number of allylic oxidation sites excluding steroid dienone is 2. The molecule has 1 saturated carbocycles. The molecular formula is C13H21BO2. The minimum Gasteiger partial charge on any atom is -0.408 e. The van der Waals surface area contributed by atoms with Crippen LogP contribution in [0.5, 0.6) is 0 Å². The fourth-order valence-corrected chi connectivity index (χ4v) is 3.68. The van der Waals surface area contributed by atoms with Gasteiger partial charge in [-0.05, 0) is 51.9 Å². The van der Waals surface area contributed by atoms with Gasteiger partial charge in [0.2, 0.25) is 0 Å². The van der Waals surface area contributed by atoms with E-state index in [4.69, 9.17) is 9.31 Å². The molecule has 2 nitrogen and oxygen atoms in total. The third-order valence-corrected chi connectivity index (χ3v) is 4.26. The third kappa shape index (κ3) is 1.84. The van der Waals surface area contributed by atoms with E-state index in [1.807, 2.05) is 0 Å². The van der Waals surface area contributed by atoms with E-state index in [1.165, 1.54) is 12.8 Å². The molecular weight excluding hydrogens is 199 g/mol. The monoisotopic (exact) mass is 220 g/mol. The highest BCUT2D eigenvalue weighted by atomic mass is 16.6. The summed E-state index contributed by atoms with van der Waals surface area (Å²) in [6.07, 6.45) is 8.66. The minimum atomic E-state index is -0.0200. The van der Waals surface area contributed by atoms with Gasteiger partial charge in [-0.2, -0.15) is 0 Å². The Hall–Kier alpha value is -0.275. The fourth-order valence-electron chi connectivity index (χ4n) is 3.68. The number of hydrogen-bond donors (Lipinski definition) is 0. The van der Waals surface area contributed by atoms with Gasteiger partial charge in [0, 0.05) is 11.9 Å². The van der Waals surface area contributed by atoms with Crippen molar-refractivity contribution in [2.75, 3.05) is 0 Å². The molecule has 16 heavy (non-hydrogen) atoms. The molecule has 1 aliphatic heterocycles. The first-order valence-electron chi connectivity index (χ1n) is 6.55. The summed E-state index contributed by atoms with van der Waals surface area (Å²) in [5.74, 6) is 2.09. The molecule has 3 rings (SSSR count). The molecule has 0 aromatic heterocycles. The van der Waals surface area contributed by atoms with Gasteiger partial charge in [0.05, 0.1) is 5.60 Å². The van der Waals surface area contributed by atoms with E-state index >= 15 is 0 Å². The molecule has 88 valence electrons. The van der Waals surface area contributed by atoms with E-state index in [9.17, 15) is 0 Å². The first-order chi connectivity index (χ1) is 7.53. The Balaban J connectivity index is 1.73. The summed E-state index contributed by atoms with van der Waals surface area (Å²) in [5, 5.41) is 0. The van der Waals surface area contributed by atoms with Crippen molar-refractivity contribution in [1.29, 1.82) is 0 Å². The van der Waals surface area contributed by atoms with Crippen LogP contribution < -0.4 is 0 Å². The second kappa shape index (κ2) is 3.61. The van der Waals surface area contributed by atoms with Gasteiger partial charge in [-0.15, -0.1) is 0 Å². The van der Waals surface area contributed by atoms with E-state index in [2.05, 4.69) is 32.9 Å². The van der Waals surface area contributed by atoms with Gasteiger partial charge in [-0.3, -0.25) is 0 Å². The van der Waals surface area contributed by atoms with Crippen molar-refractivity contribution in [3.63, 3.8) is 0 Å². The van der Waals surface area contributed by atoms with Gasteiger partial charge in [-0.25, -0.2) is 0 Å². The van der Waals surface area contributed by atoms with E-state index in [1.54, 1.807) is 0 Å². The van der Waals surface area contributed by atoms with E-state index in [-0.39, 0.29) is 12.7 Å². The lowest BCUT2D eigenvalue weighted by atomic mass is 9.63. The topological polar surface area (TPSA) is 18.5 Å². The Morgan fingerprint density at radius 1 is 1.25 bits per heavy atom. The predicted octanol–water partition coefficient (Wildman–Crippen LogP) is 3.04. The fraction of sp³-hybridized carbons (Fsp3) is 0.846. The van der Waals surface area contributed by atoms with Crippen LogP contribution in [0.3, 0.4) is 0 Å². The summed E-state index contributed by atoms with van der Waals surface area (Å²) < 4.78 is 12.1. The molecule has 0 aromatic carbocycles. The summed E-state index contributed by atoms with van der Waals surface area (Å²) in [6, 6.07) is 0. The van der Waals surface area contributed by atoms with Crippen LogP contribution in [0.4, 0.5) is 0 Å². The molecule has 1 saturated heterocycles. The Kier molecular flexibility index (Phi) is 2.45. The van der Waals surface area contributed by atoms with Gasteiger partial charge in [0.15, 0.2) is 0 Å². The largest absolute Gasteiger partial charge is 0.461 e. The van der Waals surface area contributed by atoms with E-state index in [0.717, 1.165) is 12.3 Å². The Morgan fingerprint density at radius 3 is 2.62 bits per heavy atom. The lowest BCUT2D eigenvalue weighted by Gasteiger charge is -2.41.